The van der Waals surface area contributed by atoms with E-state index in [1.807, 2.05) is 0 Å². The average Bonchev–Trinajstić information content (AvgIpc) is 2.76. The van der Waals surface area contributed by atoms with Crippen LogP contribution in [-0.2, 0) is 16.1 Å². The lowest BCUT2D eigenvalue weighted by Crippen LogP contribution is -2.49. The summed E-state index contributed by atoms with van der Waals surface area (Å²) in [4.78, 5) is 28.5. The molecule has 3 N–H and O–H groups in total. The largest absolute Gasteiger partial charge is 0.394 e. The minimum atomic E-state index is -0.663. The van der Waals surface area contributed by atoms with E-state index in [1.165, 1.54) is 6.20 Å². The van der Waals surface area contributed by atoms with Gasteiger partial charge in [0.25, 0.3) is 5.91 Å². The second-order valence-electron chi connectivity index (χ2n) is 6.75. The molecule has 0 bridgehead atoms. The van der Waals surface area contributed by atoms with Gasteiger partial charge in [-0.1, -0.05) is 41.4 Å². The molecule has 0 aliphatic carbocycles. The molecule has 1 aromatic heterocycles. The van der Waals surface area contributed by atoms with Gasteiger partial charge in [0.1, 0.15) is 6.10 Å². The standard InChI is InChI=1S/C21H21Cl2N3O4/c22-16-5-3-13(8-17(16)23)10-25-20(28)9-15-4-6-18(19(12-27)30-15)26-21(29)14-2-1-7-24-11-14/h1-8,11,15,18-19,27H,9-10,12H2,(H,25,28)(H,26,29)/t15-,18+,19+/m1/s1. The molecule has 0 radical (unpaired) electrons. The molecule has 7 nitrogen and oxygen atoms in total. The van der Waals surface area contributed by atoms with Crippen LogP contribution in [0, 0.1) is 0 Å². The minimum absolute atomic E-state index is 0.0809. The number of hydrogen-bond acceptors (Lipinski definition) is 5. The Morgan fingerprint density at radius 3 is 2.70 bits per heavy atom. The van der Waals surface area contributed by atoms with E-state index in [1.54, 1.807) is 48.7 Å². The number of aliphatic hydroxyl groups is 1. The van der Waals surface area contributed by atoms with Gasteiger partial charge < -0.3 is 20.5 Å². The van der Waals surface area contributed by atoms with E-state index in [0.717, 1.165) is 5.56 Å². The number of carbonyl (C=O) groups excluding carboxylic acids is 2. The van der Waals surface area contributed by atoms with Crippen LogP contribution in [0.2, 0.25) is 10.0 Å². The predicted octanol–water partition coefficient (Wildman–Crippen LogP) is 2.51. The third kappa shape index (κ3) is 6.03. The normalized spacial score (nSPS) is 20.6. The van der Waals surface area contributed by atoms with Crippen LogP contribution in [0.15, 0.2) is 54.9 Å². The molecule has 0 unspecified atom stereocenters. The highest BCUT2D eigenvalue weighted by Crippen LogP contribution is 2.22. The van der Waals surface area contributed by atoms with Gasteiger partial charge in [0, 0.05) is 18.9 Å². The fourth-order valence-corrected chi connectivity index (χ4v) is 3.29. The zero-order chi connectivity index (χ0) is 21.5. The fourth-order valence-electron chi connectivity index (χ4n) is 2.97. The van der Waals surface area contributed by atoms with E-state index in [2.05, 4.69) is 15.6 Å². The van der Waals surface area contributed by atoms with Crippen LogP contribution in [0.25, 0.3) is 0 Å². The number of halogens is 2. The minimum Gasteiger partial charge on any atom is -0.394 e. The van der Waals surface area contributed by atoms with E-state index < -0.39 is 18.2 Å². The third-order valence-corrected chi connectivity index (χ3v) is 5.28. The molecule has 0 saturated heterocycles. The first-order valence-corrected chi connectivity index (χ1v) is 10.1. The number of aromatic nitrogens is 1. The average molecular weight is 450 g/mol. The van der Waals surface area contributed by atoms with E-state index in [-0.39, 0.29) is 24.8 Å². The van der Waals surface area contributed by atoms with Gasteiger partial charge in [-0.15, -0.1) is 0 Å². The van der Waals surface area contributed by atoms with Crippen molar-refractivity contribution in [3.63, 3.8) is 0 Å². The molecule has 30 heavy (non-hydrogen) atoms. The van der Waals surface area contributed by atoms with Crippen molar-refractivity contribution >= 4 is 35.0 Å². The van der Waals surface area contributed by atoms with Gasteiger partial charge in [-0.2, -0.15) is 0 Å². The van der Waals surface area contributed by atoms with E-state index in [9.17, 15) is 14.7 Å². The van der Waals surface area contributed by atoms with Crippen molar-refractivity contribution < 1.29 is 19.4 Å². The summed E-state index contributed by atoms with van der Waals surface area (Å²) in [6, 6.07) is 7.94. The number of aliphatic hydroxyl groups excluding tert-OH is 1. The maximum absolute atomic E-state index is 12.3. The van der Waals surface area contributed by atoms with Crippen LogP contribution >= 0.6 is 23.2 Å². The molecule has 2 aromatic rings. The Balaban J connectivity index is 1.52. The number of amides is 2. The zero-order valence-electron chi connectivity index (χ0n) is 15.9. The van der Waals surface area contributed by atoms with Gasteiger partial charge in [0.2, 0.25) is 5.91 Å². The highest BCUT2D eigenvalue weighted by atomic mass is 35.5. The number of ether oxygens (including phenoxy) is 1. The molecule has 1 aromatic carbocycles. The fraction of sp³-hybridized carbons (Fsp3) is 0.286. The molecular weight excluding hydrogens is 429 g/mol. The van der Waals surface area contributed by atoms with Crippen LogP contribution < -0.4 is 10.6 Å². The van der Waals surface area contributed by atoms with Crippen LogP contribution in [-0.4, -0.2) is 46.8 Å². The summed E-state index contributed by atoms with van der Waals surface area (Å²) in [6.07, 6.45) is 5.38. The van der Waals surface area contributed by atoms with Gasteiger partial charge in [0.15, 0.2) is 0 Å². The van der Waals surface area contributed by atoms with Gasteiger partial charge >= 0.3 is 0 Å². The maximum Gasteiger partial charge on any atom is 0.253 e. The van der Waals surface area contributed by atoms with Crippen LogP contribution in [0.3, 0.4) is 0 Å². The van der Waals surface area contributed by atoms with Crippen LogP contribution in [0.1, 0.15) is 22.3 Å². The summed E-state index contributed by atoms with van der Waals surface area (Å²) in [7, 11) is 0. The number of hydrogen-bond donors (Lipinski definition) is 3. The molecule has 0 spiro atoms. The first kappa shape index (κ1) is 22.2. The van der Waals surface area contributed by atoms with Crippen molar-refractivity contribution in [3.05, 3.63) is 76.0 Å². The summed E-state index contributed by atoms with van der Waals surface area (Å²) < 4.78 is 5.78. The Bertz CT molecular complexity index is 924. The summed E-state index contributed by atoms with van der Waals surface area (Å²) in [5, 5.41) is 16.1. The Kier molecular flexibility index (Phi) is 7.81. The van der Waals surface area contributed by atoms with Crippen molar-refractivity contribution in [3.8, 4) is 0 Å². The first-order chi connectivity index (χ1) is 14.5. The molecule has 2 heterocycles. The number of carbonyl (C=O) groups is 2. The van der Waals surface area contributed by atoms with Crippen molar-refractivity contribution in [2.24, 2.45) is 0 Å². The molecule has 3 rings (SSSR count). The number of benzene rings is 1. The Hall–Kier alpha value is -2.45. The second-order valence-corrected chi connectivity index (χ2v) is 7.57. The van der Waals surface area contributed by atoms with E-state index in [4.69, 9.17) is 27.9 Å². The quantitative estimate of drug-likeness (QED) is 0.563. The number of nitrogens with one attached hydrogen (secondary N) is 2. The Morgan fingerprint density at radius 2 is 2.00 bits per heavy atom. The molecule has 2 amide bonds. The van der Waals surface area contributed by atoms with Gasteiger partial charge in [-0.05, 0) is 29.8 Å². The molecule has 3 atom stereocenters. The molecular formula is C21H21Cl2N3O4. The monoisotopic (exact) mass is 449 g/mol. The molecule has 158 valence electrons. The van der Waals surface area contributed by atoms with E-state index >= 15 is 0 Å². The van der Waals surface area contributed by atoms with E-state index in [0.29, 0.717) is 22.2 Å². The SMILES string of the molecule is O=C(C[C@H]1C=C[C@H](NC(=O)c2cccnc2)[C@H](CO)O1)NCc1ccc(Cl)c(Cl)c1. The Labute approximate surface area is 184 Å². The molecule has 1 aliphatic heterocycles. The lowest BCUT2D eigenvalue weighted by molar-refractivity contribution is -0.125. The zero-order valence-corrected chi connectivity index (χ0v) is 17.4. The molecule has 9 heteroatoms. The Morgan fingerprint density at radius 1 is 1.17 bits per heavy atom. The lowest BCUT2D eigenvalue weighted by Gasteiger charge is -2.31. The smallest absolute Gasteiger partial charge is 0.253 e. The highest BCUT2D eigenvalue weighted by molar-refractivity contribution is 6.42. The van der Waals surface area contributed by atoms with Crippen molar-refractivity contribution in [1.29, 1.82) is 0 Å². The maximum atomic E-state index is 12.3. The topological polar surface area (TPSA) is 101 Å². The summed E-state index contributed by atoms with van der Waals surface area (Å²) in [5.74, 6) is -0.539. The first-order valence-electron chi connectivity index (χ1n) is 9.32. The van der Waals surface area contributed by atoms with Gasteiger partial charge in [0.05, 0.1) is 40.8 Å². The van der Waals surface area contributed by atoms with Gasteiger partial charge in [-0.25, -0.2) is 0 Å². The van der Waals surface area contributed by atoms with Crippen molar-refractivity contribution in [1.82, 2.24) is 15.6 Å². The lowest BCUT2D eigenvalue weighted by atomic mass is 10.0. The number of rotatable bonds is 7. The summed E-state index contributed by atoms with van der Waals surface area (Å²) in [5.41, 5.74) is 1.23. The molecule has 0 saturated carbocycles. The van der Waals surface area contributed by atoms with Crippen molar-refractivity contribution in [2.75, 3.05) is 6.61 Å². The predicted molar refractivity (Wildman–Crippen MR) is 113 cm³/mol. The van der Waals surface area contributed by atoms with Gasteiger partial charge in [-0.3, -0.25) is 14.6 Å². The number of nitrogens with zero attached hydrogens (tertiary/aromatic N) is 1. The third-order valence-electron chi connectivity index (χ3n) is 4.54. The van der Waals surface area contributed by atoms with Crippen LogP contribution in [0.4, 0.5) is 0 Å². The van der Waals surface area contributed by atoms with Crippen molar-refractivity contribution in [2.45, 2.75) is 31.2 Å². The van der Waals surface area contributed by atoms with Crippen LogP contribution in [0.5, 0.6) is 0 Å². The second kappa shape index (κ2) is 10.5. The highest BCUT2D eigenvalue weighted by Gasteiger charge is 2.29. The summed E-state index contributed by atoms with van der Waals surface area (Å²) in [6.45, 7) is 0.00307. The molecule has 1 aliphatic rings. The molecule has 0 fully saturated rings. The summed E-state index contributed by atoms with van der Waals surface area (Å²) >= 11 is 11.9. The number of pyridine rings is 1.